The summed E-state index contributed by atoms with van der Waals surface area (Å²) in [7, 11) is 6.38. The lowest BCUT2D eigenvalue weighted by Crippen LogP contribution is -2.37. The minimum Gasteiger partial charge on any atom is -0.493 e. The highest BCUT2D eigenvalue weighted by Gasteiger charge is 2.36. The third-order valence-corrected chi connectivity index (χ3v) is 6.20. The van der Waals surface area contributed by atoms with E-state index in [4.69, 9.17) is 18.9 Å². The molecule has 0 N–H and O–H groups in total. The number of methoxy groups -OCH3 is 4. The van der Waals surface area contributed by atoms with Crippen LogP contribution >= 0.6 is 0 Å². The molecular weight excluding hydrogens is 436 g/mol. The van der Waals surface area contributed by atoms with Gasteiger partial charge >= 0.3 is 0 Å². The summed E-state index contributed by atoms with van der Waals surface area (Å²) in [6.45, 7) is 3.95. The Hall–Kier alpha value is -3.42. The van der Waals surface area contributed by atoms with Crippen LogP contribution in [0.2, 0.25) is 0 Å². The van der Waals surface area contributed by atoms with Crippen LogP contribution in [0.15, 0.2) is 36.4 Å². The Morgan fingerprint density at radius 1 is 0.912 bits per heavy atom. The van der Waals surface area contributed by atoms with E-state index in [2.05, 4.69) is 0 Å². The number of carbonyl (C=O) groups is 2. The average Bonchev–Trinajstić information content (AvgIpc) is 3.25. The summed E-state index contributed by atoms with van der Waals surface area (Å²) in [4.78, 5) is 29.4. The van der Waals surface area contributed by atoms with Crippen molar-refractivity contribution in [2.24, 2.45) is 5.92 Å². The lowest BCUT2D eigenvalue weighted by atomic mass is 10.1. The van der Waals surface area contributed by atoms with Gasteiger partial charge in [0, 0.05) is 32.6 Å². The Bertz CT molecular complexity index is 1010. The second-order valence-corrected chi connectivity index (χ2v) is 8.22. The molecule has 34 heavy (non-hydrogen) atoms. The fourth-order valence-corrected chi connectivity index (χ4v) is 4.26. The summed E-state index contributed by atoms with van der Waals surface area (Å²) in [6, 6.07) is 11.4. The van der Waals surface area contributed by atoms with Gasteiger partial charge in [0.2, 0.25) is 11.8 Å². The molecule has 0 aromatic heterocycles. The van der Waals surface area contributed by atoms with Crippen LogP contribution in [0.25, 0.3) is 0 Å². The van der Waals surface area contributed by atoms with Crippen molar-refractivity contribution >= 4 is 11.8 Å². The lowest BCUT2D eigenvalue weighted by molar-refractivity contribution is -0.136. The van der Waals surface area contributed by atoms with Gasteiger partial charge in [0.15, 0.2) is 23.0 Å². The van der Waals surface area contributed by atoms with Crippen LogP contribution in [-0.4, -0.2) is 69.7 Å². The molecule has 0 spiro atoms. The molecule has 1 aliphatic heterocycles. The Labute approximate surface area is 201 Å². The Morgan fingerprint density at radius 2 is 1.47 bits per heavy atom. The summed E-state index contributed by atoms with van der Waals surface area (Å²) < 4.78 is 21.3. The molecule has 1 fully saturated rings. The van der Waals surface area contributed by atoms with Crippen molar-refractivity contribution < 1.29 is 28.5 Å². The zero-order valence-electron chi connectivity index (χ0n) is 20.6. The van der Waals surface area contributed by atoms with E-state index in [1.54, 1.807) is 38.2 Å². The molecule has 0 bridgehead atoms. The van der Waals surface area contributed by atoms with E-state index in [-0.39, 0.29) is 24.2 Å². The molecule has 3 rings (SSSR count). The maximum Gasteiger partial charge on any atom is 0.228 e. The van der Waals surface area contributed by atoms with Crippen LogP contribution in [0, 0.1) is 5.92 Å². The summed E-state index contributed by atoms with van der Waals surface area (Å²) in [5.74, 6) is 2.28. The van der Waals surface area contributed by atoms with E-state index in [0.717, 1.165) is 11.1 Å². The zero-order chi connectivity index (χ0) is 24.7. The van der Waals surface area contributed by atoms with E-state index < -0.39 is 0 Å². The molecule has 0 saturated carbocycles. The van der Waals surface area contributed by atoms with Gasteiger partial charge in [-0.3, -0.25) is 9.59 Å². The molecule has 1 heterocycles. The summed E-state index contributed by atoms with van der Waals surface area (Å²) in [6.07, 6.45) is 0.920. The SMILES string of the molecule is CCN(Cc1ccc(OC)c(OC)c1)C(=O)C1CC(=O)N(CCc2ccc(OC)c(OC)c2)C1. The molecule has 2 aromatic rings. The predicted octanol–water partition coefficient (Wildman–Crippen LogP) is 3.16. The Kier molecular flexibility index (Phi) is 8.62. The van der Waals surface area contributed by atoms with Gasteiger partial charge in [-0.25, -0.2) is 0 Å². The highest BCUT2D eigenvalue weighted by Crippen LogP contribution is 2.30. The van der Waals surface area contributed by atoms with Crippen molar-refractivity contribution in [3.63, 3.8) is 0 Å². The second kappa shape index (κ2) is 11.6. The third kappa shape index (κ3) is 5.73. The fourth-order valence-electron chi connectivity index (χ4n) is 4.26. The van der Waals surface area contributed by atoms with E-state index in [0.29, 0.717) is 55.6 Å². The molecule has 2 aromatic carbocycles. The molecule has 2 amide bonds. The summed E-state index contributed by atoms with van der Waals surface area (Å²) >= 11 is 0. The first-order valence-corrected chi connectivity index (χ1v) is 11.4. The minimum atomic E-state index is -0.335. The zero-order valence-corrected chi connectivity index (χ0v) is 20.6. The van der Waals surface area contributed by atoms with Crippen molar-refractivity contribution in [1.29, 1.82) is 0 Å². The lowest BCUT2D eigenvalue weighted by Gasteiger charge is -2.25. The van der Waals surface area contributed by atoms with Crippen molar-refractivity contribution in [3.8, 4) is 23.0 Å². The molecule has 0 radical (unpaired) electrons. The maximum atomic E-state index is 13.2. The second-order valence-electron chi connectivity index (χ2n) is 8.22. The van der Waals surface area contributed by atoms with Crippen LogP contribution < -0.4 is 18.9 Å². The highest BCUT2D eigenvalue weighted by atomic mass is 16.5. The number of likely N-dealkylation sites (tertiary alicyclic amines) is 1. The molecule has 1 unspecified atom stereocenters. The number of hydrogen-bond donors (Lipinski definition) is 0. The molecule has 0 aliphatic carbocycles. The maximum absolute atomic E-state index is 13.2. The van der Waals surface area contributed by atoms with Crippen molar-refractivity contribution in [2.75, 3.05) is 48.1 Å². The van der Waals surface area contributed by atoms with Gasteiger partial charge in [-0.15, -0.1) is 0 Å². The number of hydrogen-bond acceptors (Lipinski definition) is 6. The van der Waals surface area contributed by atoms with Gasteiger partial charge in [0.05, 0.1) is 34.4 Å². The van der Waals surface area contributed by atoms with Gasteiger partial charge < -0.3 is 28.7 Å². The van der Waals surface area contributed by atoms with Crippen LogP contribution in [0.1, 0.15) is 24.5 Å². The highest BCUT2D eigenvalue weighted by molar-refractivity contribution is 5.89. The Balaban J connectivity index is 1.61. The van der Waals surface area contributed by atoms with E-state index in [9.17, 15) is 9.59 Å². The molecule has 1 saturated heterocycles. The van der Waals surface area contributed by atoms with Crippen LogP contribution in [-0.2, 0) is 22.6 Å². The standard InChI is InChI=1S/C26H34N2O6/c1-6-27(16-19-8-10-22(32-3)24(14-19)34-5)26(30)20-15-25(29)28(17-20)12-11-18-7-9-21(31-2)23(13-18)33-4/h7-10,13-14,20H,6,11-12,15-17H2,1-5H3. The molecule has 184 valence electrons. The van der Waals surface area contributed by atoms with Crippen molar-refractivity contribution in [3.05, 3.63) is 47.5 Å². The van der Waals surface area contributed by atoms with Gasteiger partial charge in [-0.05, 0) is 48.7 Å². The fraction of sp³-hybridized carbons (Fsp3) is 0.462. The summed E-state index contributed by atoms with van der Waals surface area (Å²) in [5, 5.41) is 0. The minimum absolute atomic E-state index is 0.000693. The number of nitrogens with zero attached hydrogens (tertiary/aromatic N) is 2. The molecular formula is C26H34N2O6. The first-order chi connectivity index (χ1) is 16.4. The smallest absolute Gasteiger partial charge is 0.228 e. The third-order valence-electron chi connectivity index (χ3n) is 6.20. The van der Waals surface area contributed by atoms with Crippen LogP contribution in [0.5, 0.6) is 23.0 Å². The predicted molar refractivity (Wildman–Crippen MR) is 129 cm³/mol. The number of amides is 2. The largest absolute Gasteiger partial charge is 0.493 e. The number of ether oxygens (including phenoxy) is 4. The number of rotatable bonds is 11. The molecule has 8 heteroatoms. The van der Waals surface area contributed by atoms with Gasteiger partial charge in [0.1, 0.15) is 0 Å². The first-order valence-electron chi connectivity index (χ1n) is 11.4. The van der Waals surface area contributed by atoms with E-state index in [1.165, 1.54) is 0 Å². The van der Waals surface area contributed by atoms with Gasteiger partial charge in [-0.1, -0.05) is 12.1 Å². The van der Waals surface area contributed by atoms with E-state index in [1.807, 2.05) is 43.3 Å². The monoisotopic (exact) mass is 470 g/mol. The van der Waals surface area contributed by atoms with E-state index >= 15 is 0 Å². The normalized spacial score (nSPS) is 15.3. The number of carbonyl (C=O) groups excluding carboxylic acids is 2. The summed E-state index contributed by atoms with van der Waals surface area (Å²) in [5.41, 5.74) is 1.99. The van der Waals surface area contributed by atoms with Crippen LogP contribution in [0.4, 0.5) is 0 Å². The quantitative estimate of drug-likeness (QED) is 0.502. The van der Waals surface area contributed by atoms with Gasteiger partial charge in [0.25, 0.3) is 0 Å². The average molecular weight is 471 g/mol. The molecule has 8 nitrogen and oxygen atoms in total. The first kappa shape index (κ1) is 25.2. The Morgan fingerprint density at radius 3 is 2.03 bits per heavy atom. The topological polar surface area (TPSA) is 77.5 Å². The van der Waals surface area contributed by atoms with Crippen LogP contribution in [0.3, 0.4) is 0 Å². The van der Waals surface area contributed by atoms with Crippen molar-refractivity contribution in [1.82, 2.24) is 9.80 Å². The van der Waals surface area contributed by atoms with Gasteiger partial charge in [-0.2, -0.15) is 0 Å². The molecule has 1 aliphatic rings. The molecule has 1 atom stereocenters. The number of benzene rings is 2. The van der Waals surface area contributed by atoms with Crippen molar-refractivity contribution in [2.45, 2.75) is 26.3 Å².